The second-order valence-corrected chi connectivity index (χ2v) is 10.9. The molecule has 1 aromatic carbocycles. The molecule has 0 spiro atoms. The Labute approximate surface area is 200 Å². The molecule has 0 fully saturated rings. The van der Waals surface area contributed by atoms with E-state index in [1.165, 1.54) is 0 Å². The van der Waals surface area contributed by atoms with Crippen LogP contribution in [-0.2, 0) is 26.0 Å². The zero-order chi connectivity index (χ0) is 25.1. The Kier molecular flexibility index (Phi) is 7.30. The SMILES string of the molecule is CC(C)N1C(=O)C(NCCc2ccnc(NC(=O)OC(C)(C)C)c2)=C(c2ccccc2)S1(=O)=O. The number of hydrogen-bond acceptors (Lipinski definition) is 7. The minimum Gasteiger partial charge on any atom is -0.444 e. The lowest BCUT2D eigenvalue weighted by atomic mass is 10.1. The monoisotopic (exact) mass is 486 g/mol. The highest BCUT2D eigenvalue weighted by Crippen LogP contribution is 2.35. The van der Waals surface area contributed by atoms with Crippen molar-refractivity contribution in [1.29, 1.82) is 0 Å². The highest BCUT2D eigenvalue weighted by molar-refractivity contribution is 7.99. The van der Waals surface area contributed by atoms with Crippen LogP contribution in [0.3, 0.4) is 0 Å². The maximum atomic E-state index is 13.2. The van der Waals surface area contributed by atoms with Crippen LogP contribution < -0.4 is 10.6 Å². The van der Waals surface area contributed by atoms with E-state index in [-0.39, 0.29) is 10.6 Å². The first-order chi connectivity index (χ1) is 15.9. The van der Waals surface area contributed by atoms with E-state index in [0.29, 0.717) is 24.3 Å². The molecule has 0 radical (unpaired) electrons. The normalized spacial score (nSPS) is 15.6. The predicted octanol–water partition coefficient (Wildman–Crippen LogP) is 3.51. The van der Waals surface area contributed by atoms with Crippen LogP contribution in [-0.4, -0.2) is 47.9 Å². The highest BCUT2D eigenvalue weighted by Gasteiger charge is 2.45. The number of aromatic nitrogens is 1. The molecular formula is C24H30N4O5S. The van der Waals surface area contributed by atoms with Gasteiger partial charge in [0.05, 0.1) is 0 Å². The maximum Gasteiger partial charge on any atom is 0.413 e. The average Bonchev–Trinajstić information content (AvgIpc) is 2.92. The number of carbonyl (C=O) groups is 2. The van der Waals surface area contributed by atoms with Gasteiger partial charge in [-0.25, -0.2) is 22.5 Å². The summed E-state index contributed by atoms with van der Waals surface area (Å²) in [5.74, 6) is -0.239. The van der Waals surface area contributed by atoms with Gasteiger partial charge in [0.1, 0.15) is 22.0 Å². The zero-order valence-corrected chi connectivity index (χ0v) is 20.8. The van der Waals surface area contributed by atoms with E-state index in [1.54, 1.807) is 83.3 Å². The van der Waals surface area contributed by atoms with Gasteiger partial charge >= 0.3 is 6.09 Å². The number of hydrogen-bond donors (Lipinski definition) is 2. The number of sulfonamides is 1. The number of carbonyl (C=O) groups excluding carboxylic acids is 2. The summed E-state index contributed by atoms with van der Waals surface area (Å²) in [6, 6.07) is 11.5. The van der Waals surface area contributed by atoms with Crippen molar-refractivity contribution in [2.24, 2.45) is 0 Å². The third kappa shape index (κ3) is 5.74. The van der Waals surface area contributed by atoms with E-state index in [2.05, 4.69) is 15.6 Å². The van der Waals surface area contributed by atoms with Gasteiger partial charge in [0.2, 0.25) is 0 Å². The van der Waals surface area contributed by atoms with Crippen LogP contribution in [0, 0.1) is 0 Å². The molecule has 1 aliphatic rings. The van der Waals surface area contributed by atoms with Crippen molar-refractivity contribution in [3.05, 3.63) is 65.5 Å². The van der Waals surface area contributed by atoms with Crippen molar-refractivity contribution < 1.29 is 22.7 Å². The number of nitrogens with one attached hydrogen (secondary N) is 2. The number of benzene rings is 1. The summed E-state index contributed by atoms with van der Waals surface area (Å²) >= 11 is 0. The van der Waals surface area contributed by atoms with Gasteiger partial charge in [-0.2, -0.15) is 0 Å². The van der Waals surface area contributed by atoms with Crippen molar-refractivity contribution in [2.75, 3.05) is 11.9 Å². The molecule has 10 heteroatoms. The minimum absolute atomic E-state index is 0.0196. The molecule has 9 nitrogen and oxygen atoms in total. The van der Waals surface area contributed by atoms with Crippen LogP contribution in [0.15, 0.2) is 54.4 Å². The topological polar surface area (TPSA) is 118 Å². The third-order valence-electron chi connectivity index (χ3n) is 4.83. The van der Waals surface area contributed by atoms with Gasteiger partial charge in [-0.05, 0) is 64.3 Å². The zero-order valence-electron chi connectivity index (χ0n) is 20.0. The molecule has 0 saturated carbocycles. The van der Waals surface area contributed by atoms with E-state index in [0.717, 1.165) is 9.87 Å². The van der Waals surface area contributed by atoms with Crippen molar-refractivity contribution in [2.45, 2.75) is 52.7 Å². The van der Waals surface area contributed by atoms with E-state index >= 15 is 0 Å². The number of anilines is 1. The fourth-order valence-corrected chi connectivity index (χ4v) is 5.45. The van der Waals surface area contributed by atoms with Crippen LogP contribution in [0.2, 0.25) is 0 Å². The Hall–Kier alpha value is -3.40. The smallest absolute Gasteiger partial charge is 0.413 e. The number of nitrogens with zero attached hydrogens (tertiary/aromatic N) is 2. The molecule has 0 bridgehead atoms. The van der Waals surface area contributed by atoms with E-state index in [4.69, 9.17) is 4.74 Å². The van der Waals surface area contributed by atoms with Crippen LogP contribution in [0.1, 0.15) is 45.7 Å². The van der Waals surface area contributed by atoms with Crippen LogP contribution >= 0.6 is 0 Å². The number of amides is 2. The number of ether oxygens (including phenoxy) is 1. The molecule has 2 heterocycles. The van der Waals surface area contributed by atoms with E-state index < -0.39 is 33.7 Å². The summed E-state index contributed by atoms with van der Waals surface area (Å²) in [4.78, 5) is 29.1. The summed E-state index contributed by atoms with van der Waals surface area (Å²) < 4.78 is 32.5. The molecule has 34 heavy (non-hydrogen) atoms. The second kappa shape index (κ2) is 9.84. The molecule has 0 saturated heterocycles. The Morgan fingerprint density at radius 1 is 1.15 bits per heavy atom. The van der Waals surface area contributed by atoms with Crippen molar-refractivity contribution >= 4 is 32.7 Å². The minimum atomic E-state index is -3.98. The quantitative estimate of drug-likeness (QED) is 0.615. The molecule has 2 amide bonds. The summed E-state index contributed by atoms with van der Waals surface area (Å²) in [6.45, 7) is 8.94. The lowest BCUT2D eigenvalue weighted by Gasteiger charge is -2.20. The van der Waals surface area contributed by atoms with Gasteiger partial charge in [0, 0.05) is 18.8 Å². The van der Waals surface area contributed by atoms with Crippen LogP contribution in [0.25, 0.3) is 4.91 Å². The maximum absolute atomic E-state index is 13.2. The number of pyridine rings is 1. The van der Waals surface area contributed by atoms with Gasteiger partial charge in [-0.15, -0.1) is 0 Å². The molecule has 1 aliphatic heterocycles. The van der Waals surface area contributed by atoms with Gasteiger partial charge in [-0.1, -0.05) is 30.3 Å². The summed E-state index contributed by atoms with van der Waals surface area (Å²) in [6.07, 6.45) is 1.41. The summed E-state index contributed by atoms with van der Waals surface area (Å²) in [5.41, 5.74) is 0.716. The Balaban J connectivity index is 1.77. The van der Waals surface area contributed by atoms with Crippen LogP contribution in [0.5, 0.6) is 0 Å². The fourth-order valence-electron chi connectivity index (χ4n) is 3.53. The van der Waals surface area contributed by atoms with E-state index in [1.807, 2.05) is 0 Å². The molecule has 2 N–H and O–H groups in total. The largest absolute Gasteiger partial charge is 0.444 e. The Bertz CT molecular complexity index is 1200. The fraction of sp³-hybridized carbons (Fsp3) is 0.375. The average molecular weight is 487 g/mol. The first kappa shape index (κ1) is 25.2. The first-order valence-electron chi connectivity index (χ1n) is 11.0. The lowest BCUT2D eigenvalue weighted by molar-refractivity contribution is -0.123. The van der Waals surface area contributed by atoms with Gasteiger partial charge < -0.3 is 10.1 Å². The van der Waals surface area contributed by atoms with Gasteiger partial charge in [0.15, 0.2) is 0 Å². The third-order valence-corrected chi connectivity index (χ3v) is 6.89. The Morgan fingerprint density at radius 2 is 1.82 bits per heavy atom. The molecule has 2 aromatic rings. The lowest BCUT2D eigenvalue weighted by Crippen LogP contribution is -2.39. The Morgan fingerprint density at radius 3 is 2.44 bits per heavy atom. The van der Waals surface area contributed by atoms with E-state index in [9.17, 15) is 18.0 Å². The van der Waals surface area contributed by atoms with Crippen molar-refractivity contribution in [3.63, 3.8) is 0 Å². The molecule has 1 aromatic heterocycles. The molecule has 0 unspecified atom stereocenters. The van der Waals surface area contributed by atoms with Gasteiger partial charge in [-0.3, -0.25) is 10.1 Å². The predicted molar refractivity (Wildman–Crippen MR) is 130 cm³/mol. The molecule has 3 rings (SSSR count). The molecule has 182 valence electrons. The van der Waals surface area contributed by atoms with Crippen molar-refractivity contribution in [1.82, 2.24) is 14.6 Å². The second-order valence-electron chi connectivity index (χ2n) is 9.12. The highest BCUT2D eigenvalue weighted by atomic mass is 32.2. The molecular weight excluding hydrogens is 456 g/mol. The van der Waals surface area contributed by atoms with Gasteiger partial charge in [0.25, 0.3) is 15.9 Å². The van der Waals surface area contributed by atoms with Crippen LogP contribution in [0.4, 0.5) is 10.6 Å². The van der Waals surface area contributed by atoms with Crippen molar-refractivity contribution in [3.8, 4) is 0 Å². The molecule has 0 atom stereocenters. The summed E-state index contributed by atoms with van der Waals surface area (Å²) in [7, 11) is -3.98. The summed E-state index contributed by atoms with van der Waals surface area (Å²) in [5, 5.41) is 5.63. The number of rotatable bonds is 7. The standard InChI is InChI=1S/C24H30N4O5S/c1-16(2)28-22(29)20(21(34(28,31)32)18-9-7-6-8-10-18)26-14-12-17-11-13-25-19(15-17)27-23(30)33-24(3,4)5/h6-11,13,15-16,26H,12,14H2,1-5H3,(H,25,27,30). The molecule has 0 aliphatic carbocycles. The first-order valence-corrected chi connectivity index (χ1v) is 12.4.